The van der Waals surface area contributed by atoms with Crippen LogP contribution in [0.5, 0.6) is 5.88 Å². The zero-order valence-electron chi connectivity index (χ0n) is 23.1. The monoisotopic (exact) mass is 609 g/mol. The number of hydrogen-bond acceptors (Lipinski definition) is 9. The molecule has 2 aliphatic rings. The van der Waals surface area contributed by atoms with E-state index in [0.29, 0.717) is 41.6 Å². The summed E-state index contributed by atoms with van der Waals surface area (Å²) >= 11 is 12.9. The molecule has 2 aliphatic heterocycles. The van der Waals surface area contributed by atoms with Crippen LogP contribution >= 0.6 is 23.2 Å². The molecule has 1 N–H and O–H groups in total. The third-order valence-corrected chi connectivity index (χ3v) is 8.42. The van der Waals surface area contributed by atoms with Gasteiger partial charge in [-0.25, -0.2) is 19.7 Å². The van der Waals surface area contributed by atoms with Gasteiger partial charge in [0.1, 0.15) is 28.8 Å². The number of pyridine rings is 4. The van der Waals surface area contributed by atoms with E-state index in [4.69, 9.17) is 32.9 Å². The Morgan fingerprint density at radius 3 is 2.67 bits per heavy atom. The SMILES string of the molecule is CN(C)C1CN(c2ccc(-n3cc(C(=O)O)c(=O)c4cc(Cl)c(N5CCCC5COc5ncccc5Cl)nc43)cn2)C1. The van der Waals surface area contributed by atoms with Gasteiger partial charge in [-0.05, 0) is 57.3 Å². The van der Waals surface area contributed by atoms with Crippen LogP contribution < -0.4 is 20.0 Å². The first-order chi connectivity index (χ1) is 20.2. The van der Waals surface area contributed by atoms with Crippen molar-refractivity contribution in [3.05, 3.63) is 74.8 Å². The van der Waals surface area contributed by atoms with Crippen molar-refractivity contribution in [2.24, 2.45) is 0 Å². The molecule has 2 fully saturated rings. The van der Waals surface area contributed by atoms with Gasteiger partial charge in [-0.1, -0.05) is 23.2 Å². The second-order valence-electron chi connectivity index (χ2n) is 10.7. The van der Waals surface area contributed by atoms with Crippen molar-refractivity contribution >= 4 is 51.8 Å². The Kier molecular flexibility index (Phi) is 7.65. The number of carboxylic acid groups (broad SMARTS) is 1. The number of ether oxygens (including phenoxy) is 1. The van der Waals surface area contributed by atoms with E-state index in [2.05, 4.69) is 33.9 Å². The van der Waals surface area contributed by atoms with Crippen LogP contribution in [0.2, 0.25) is 10.0 Å². The van der Waals surface area contributed by atoms with Crippen molar-refractivity contribution < 1.29 is 14.6 Å². The van der Waals surface area contributed by atoms with Gasteiger partial charge in [0.15, 0.2) is 5.65 Å². The molecule has 0 radical (unpaired) electrons. The highest BCUT2D eigenvalue weighted by Gasteiger charge is 2.31. The zero-order valence-corrected chi connectivity index (χ0v) is 24.6. The van der Waals surface area contributed by atoms with Crippen LogP contribution in [0.1, 0.15) is 23.2 Å². The highest BCUT2D eigenvalue weighted by molar-refractivity contribution is 6.33. The minimum absolute atomic E-state index is 0.0625. The summed E-state index contributed by atoms with van der Waals surface area (Å²) in [6, 6.07) is 9.10. The summed E-state index contributed by atoms with van der Waals surface area (Å²) in [5, 5.41) is 10.6. The van der Waals surface area contributed by atoms with Crippen LogP contribution in [0.25, 0.3) is 16.7 Å². The molecule has 0 aromatic carbocycles. The Labute approximate surface area is 251 Å². The van der Waals surface area contributed by atoms with Gasteiger partial charge >= 0.3 is 5.97 Å². The molecule has 6 heterocycles. The summed E-state index contributed by atoms with van der Waals surface area (Å²) in [4.78, 5) is 45.3. The summed E-state index contributed by atoms with van der Waals surface area (Å²) in [6.45, 7) is 2.74. The number of likely N-dealkylation sites (N-methyl/N-ethyl adjacent to an activating group) is 1. The van der Waals surface area contributed by atoms with Gasteiger partial charge < -0.3 is 24.5 Å². The van der Waals surface area contributed by atoms with Gasteiger partial charge in [0.25, 0.3) is 0 Å². The van der Waals surface area contributed by atoms with Crippen LogP contribution in [0.3, 0.4) is 0 Å². The number of carboxylic acids is 1. The van der Waals surface area contributed by atoms with E-state index >= 15 is 0 Å². The Balaban J connectivity index is 1.36. The van der Waals surface area contributed by atoms with E-state index in [-0.39, 0.29) is 27.7 Å². The van der Waals surface area contributed by atoms with Crippen molar-refractivity contribution in [1.82, 2.24) is 24.4 Å². The number of aromatic carboxylic acids is 1. The van der Waals surface area contributed by atoms with E-state index < -0.39 is 11.4 Å². The van der Waals surface area contributed by atoms with Crippen molar-refractivity contribution in [3.63, 3.8) is 0 Å². The number of carbonyl (C=O) groups is 1. The van der Waals surface area contributed by atoms with Crippen LogP contribution in [-0.2, 0) is 0 Å². The maximum Gasteiger partial charge on any atom is 0.341 e. The lowest BCUT2D eigenvalue weighted by Gasteiger charge is -2.43. The van der Waals surface area contributed by atoms with Crippen LogP contribution in [0.4, 0.5) is 11.6 Å². The lowest BCUT2D eigenvalue weighted by atomic mass is 10.1. The fourth-order valence-electron chi connectivity index (χ4n) is 5.38. The van der Waals surface area contributed by atoms with E-state index in [1.54, 1.807) is 29.1 Å². The van der Waals surface area contributed by atoms with Crippen molar-refractivity contribution in [1.29, 1.82) is 0 Å². The largest absolute Gasteiger partial charge is 0.477 e. The van der Waals surface area contributed by atoms with Crippen LogP contribution in [0.15, 0.2) is 53.7 Å². The van der Waals surface area contributed by atoms with E-state index in [1.807, 2.05) is 17.0 Å². The van der Waals surface area contributed by atoms with E-state index in [0.717, 1.165) is 31.7 Å². The van der Waals surface area contributed by atoms with Crippen molar-refractivity contribution in [2.45, 2.75) is 24.9 Å². The molecule has 11 nitrogen and oxygen atoms in total. The summed E-state index contributed by atoms with van der Waals surface area (Å²) in [7, 11) is 4.11. The van der Waals surface area contributed by atoms with Crippen molar-refractivity contribution in [2.75, 3.05) is 50.1 Å². The standard InChI is InChI=1S/C29H29Cl2N7O4/c1-35(2)19-13-36(14-19)24-8-7-17(12-33-24)38-15-21(29(40)41)25(39)20-11-23(31)27(34-26(20)38)37-10-4-5-18(37)16-42-28-22(30)6-3-9-32-28/h3,6-9,11-12,15,18-19H,4-5,10,13-14,16H2,1-2H3,(H,40,41). The molecule has 13 heteroatoms. The molecule has 0 saturated carbocycles. The van der Waals surface area contributed by atoms with Crippen molar-refractivity contribution in [3.8, 4) is 11.6 Å². The molecular weight excluding hydrogens is 581 g/mol. The first-order valence-corrected chi connectivity index (χ1v) is 14.3. The maximum absolute atomic E-state index is 13.2. The molecule has 2 saturated heterocycles. The van der Waals surface area contributed by atoms with Gasteiger partial charge in [0.05, 0.1) is 28.3 Å². The van der Waals surface area contributed by atoms with Gasteiger partial charge in [-0.2, -0.15) is 0 Å². The number of hydrogen-bond donors (Lipinski definition) is 1. The third-order valence-electron chi connectivity index (χ3n) is 7.86. The smallest absolute Gasteiger partial charge is 0.341 e. The first-order valence-electron chi connectivity index (χ1n) is 13.6. The van der Waals surface area contributed by atoms with Crippen LogP contribution in [0, 0.1) is 0 Å². The number of aromatic nitrogens is 4. The molecule has 0 spiro atoms. The average Bonchev–Trinajstić information content (AvgIpc) is 3.40. The quantitative estimate of drug-likeness (QED) is 0.314. The molecule has 0 aliphatic carbocycles. The molecule has 1 atom stereocenters. The Morgan fingerprint density at radius 2 is 1.98 bits per heavy atom. The molecule has 0 bridgehead atoms. The summed E-state index contributed by atoms with van der Waals surface area (Å²) < 4.78 is 7.52. The van der Waals surface area contributed by atoms with Gasteiger partial charge in [-0.3, -0.25) is 9.36 Å². The predicted octanol–water partition coefficient (Wildman–Crippen LogP) is 3.98. The Morgan fingerprint density at radius 1 is 1.17 bits per heavy atom. The fourth-order valence-corrected chi connectivity index (χ4v) is 5.82. The van der Waals surface area contributed by atoms with E-state index in [9.17, 15) is 14.7 Å². The molecule has 218 valence electrons. The molecular formula is C29H29Cl2N7O4. The number of nitrogens with zero attached hydrogens (tertiary/aromatic N) is 7. The fraction of sp³-hybridized carbons (Fsp3) is 0.345. The zero-order chi connectivity index (χ0) is 29.5. The summed E-state index contributed by atoms with van der Waals surface area (Å²) in [5.41, 5.74) is -0.174. The Bertz CT molecular complexity index is 1710. The molecule has 1 unspecified atom stereocenters. The highest BCUT2D eigenvalue weighted by atomic mass is 35.5. The highest BCUT2D eigenvalue weighted by Crippen LogP contribution is 2.34. The lowest BCUT2D eigenvalue weighted by molar-refractivity contribution is 0.0695. The summed E-state index contributed by atoms with van der Waals surface area (Å²) in [6.07, 6.45) is 6.30. The van der Waals surface area contributed by atoms with E-state index in [1.165, 1.54) is 12.3 Å². The minimum atomic E-state index is -1.33. The molecule has 4 aromatic heterocycles. The topological polar surface area (TPSA) is 117 Å². The second-order valence-corrected chi connectivity index (χ2v) is 11.5. The van der Waals surface area contributed by atoms with Gasteiger partial charge in [-0.15, -0.1) is 0 Å². The number of fused-ring (bicyclic) bond motifs is 1. The molecule has 42 heavy (non-hydrogen) atoms. The summed E-state index contributed by atoms with van der Waals surface area (Å²) in [5.74, 6) is 0.328. The predicted molar refractivity (Wildman–Crippen MR) is 162 cm³/mol. The number of halogens is 2. The number of anilines is 2. The van der Waals surface area contributed by atoms with Gasteiger partial charge in [0, 0.05) is 38.1 Å². The first kappa shape index (κ1) is 28.2. The average molecular weight is 611 g/mol. The van der Waals surface area contributed by atoms with Crippen LogP contribution in [-0.4, -0.2) is 87.9 Å². The number of rotatable bonds is 8. The second kappa shape index (κ2) is 11.4. The normalized spacial score (nSPS) is 17.2. The third kappa shape index (κ3) is 5.23. The molecule has 0 amide bonds. The maximum atomic E-state index is 13.2. The van der Waals surface area contributed by atoms with Gasteiger partial charge in [0.2, 0.25) is 11.3 Å². The molecule has 6 rings (SSSR count). The Hall–Kier alpha value is -3.93. The molecule has 4 aromatic rings. The minimum Gasteiger partial charge on any atom is -0.477 e. The lowest BCUT2D eigenvalue weighted by Crippen LogP contribution is -2.57.